The lowest BCUT2D eigenvalue weighted by molar-refractivity contribution is -0.144. The van der Waals surface area contributed by atoms with E-state index in [2.05, 4.69) is 5.32 Å². The summed E-state index contributed by atoms with van der Waals surface area (Å²) in [5.41, 5.74) is 0.766. The van der Waals surface area contributed by atoms with Gasteiger partial charge in [0.2, 0.25) is 15.9 Å². The Morgan fingerprint density at radius 3 is 2.30 bits per heavy atom. The molecule has 2 aromatic rings. The number of amides is 1. The molecule has 1 saturated carbocycles. The molecule has 0 saturated heterocycles. The van der Waals surface area contributed by atoms with Crippen molar-refractivity contribution in [1.29, 1.82) is 0 Å². The highest BCUT2D eigenvalue weighted by Crippen LogP contribution is 2.28. The Hall–Kier alpha value is -2.13. The Balaban J connectivity index is 1.93. The summed E-state index contributed by atoms with van der Waals surface area (Å²) in [4.78, 5) is 24.9. The SMILES string of the molecule is CN([C@@H](Cc1ccccc1)C(=O)NC1CCCCC1C(=O)O)S(=O)(=O)c1cc(Cl)cc(Cl)c1. The van der Waals surface area contributed by atoms with Gasteiger partial charge in [0.05, 0.1) is 10.8 Å². The number of hydrogen-bond donors (Lipinski definition) is 2. The van der Waals surface area contributed by atoms with Crippen LogP contribution in [0.3, 0.4) is 0 Å². The van der Waals surface area contributed by atoms with Crippen LogP contribution in [0.5, 0.6) is 0 Å². The van der Waals surface area contributed by atoms with E-state index in [1.54, 1.807) is 24.3 Å². The summed E-state index contributed by atoms with van der Waals surface area (Å²) < 4.78 is 27.7. The smallest absolute Gasteiger partial charge is 0.308 e. The number of carbonyl (C=O) groups is 2. The molecule has 0 bridgehead atoms. The second kappa shape index (κ2) is 10.9. The Morgan fingerprint density at radius 2 is 1.70 bits per heavy atom. The summed E-state index contributed by atoms with van der Waals surface area (Å²) in [7, 11) is -2.81. The molecule has 10 heteroatoms. The number of benzene rings is 2. The van der Waals surface area contributed by atoms with E-state index in [9.17, 15) is 23.1 Å². The van der Waals surface area contributed by atoms with Crippen LogP contribution in [0.15, 0.2) is 53.4 Å². The zero-order valence-corrected chi connectivity index (χ0v) is 20.4. The molecule has 1 aliphatic carbocycles. The van der Waals surface area contributed by atoms with Crippen molar-refractivity contribution < 1.29 is 23.1 Å². The summed E-state index contributed by atoms with van der Waals surface area (Å²) in [5, 5.41) is 12.7. The van der Waals surface area contributed by atoms with Crippen molar-refractivity contribution in [3.8, 4) is 0 Å². The van der Waals surface area contributed by atoms with Gasteiger partial charge in [-0.15, -0.1) is 0 Å². The molecule has 1 fully saturated rings. The fraction of sp³-hybridized carbons (Fsp3) is 0.391. The predicted octanol–water partition coefficient (Wildman–Crippen LogP) is 3.98. The summed E-state index contributed by atoms with van der Waals surface area (Å²) in [6.45, 7) is 0. The minimum atomic E-state index is -4.13. The van der Waals surface area contributed by atoms with E-state index in [1.807, 2.05) is 6.07 Å². The van der Waals surface area contributed by atoms with Gasteiger partial charge in [0, 0.05) is 23.1 Å². The quantitative estimate of drug-likeness (QED) is 0.556. The Kier molecular flexibility index (Phi) is 8.39. The highest BCUT2D eigenvalue weighted by atomic mass is 35.5. The third kappa shape index (κ3) is 6.26. The van der Waals surface area contributed by atoms with E-state index < -0.39 is 39.9 Å². The van der Waals surface area contributed by atoms with E-state index in [1.165, 1.54) is 25.2 Å². The number of rotatable bonds is 8. The molecule has 0 radical (unpaired) electrons. The van der Waals surface area contributed by atoms with E-state index in [0.717, 1.165) is 22.7 Å². The van der Waals surface area contributed by atoms with E-state index >= 15 is 0 Å². The van der Waals surface area contributed by atoms with Crippen molar-refractivity contribution in [2.75, 3.05) is 7.05 Å². The molecular weight excluding hydrogens is 487 g/mol. The van der Waals surface area contributed by atoms with Crippen LogP contribution in [0.2, 0.25) is 10.0 Å². The van der Waals surface area contributed by atoms with Gasteiger partial charge >= 0.3 is 5.97 Å². The van der Waals surface area contributed by atoms with Crippen molar-refractivity contribution in [3.05, 3.63) is 64.1 Å². The Labute approximate surface area is 203 Å². The zero-order chi connectivity index (χ0) is 24.2. The van der Waals surface area contributed by atoms with Crippen molar-refractivity contribution in [1.82, 2.24) is 9.62 Å². The van der Waals surface area contributed by atoms with Crippen molar-refractivity contribution in [3.63, 3.8) is 0 Å². The van der Waals surface area contributed by atoms with Gasteiger partial charge in [0.15, 0.2) is 0 Å². The maximum Gasteiger partial charge on any atom is 0.308 e. The first-order valence-corrected chi connectivity index (χ1v) is 12.8. The van der Waals surface area contributed by atoms with E-state index in [0.29, 0.717) is 12.8 Å². The summed E-state index contributed by atoms with van der Waals surface area (Å²) in [5.74, 6) is -2.21. The zero-order valence-electron chi connectivity index (χ0n) is 18.1. The number of sulfonamides is 1. The Bertz CT molecular complexity index is 1090. The molecular formula is C23H26Cl2N2O5S. The monoisotopic (exact) mass is 512 g/mol. The molecule has 33 heavy (non-hydrogen) atoms. The summed E-state index contributed by atoms with van der Waals surface area (Å²) in [6, 6.07) is 11.4. The number of nitrogens with zero attached hydrogens (tertiary/aromatic N) is 1. The number of halogens is 2. The van der Waals surface area contributed by atoms with Gasteiger partial charge < -0.3 is 10.4 Å². The molecule has 1 aliphatic rings. The first kappa shape index (κ1) is 25.5. The number of nitrogens with one attached hydrogen (secondary N) is 1. The minimum Gasteiger partial charge on any atom is -0.481 e. The molecule has 3 atom stereocenters. The van der Waals surface area contributed by atoms with E-state index in [4.69, 9.17) is 23.2 Å². The van der Waals surface area contributed by atoms with Gasteiger partial charge in [-0.2, -0.15) is 4.31 Å². The van der Waals surface area contributed by atoms with Gasteiger partial charge in [0.25, 0.3) is 0 Å². The highest BCUT2D eigenvalue weighted by molar-refractivity contribution is 7.89. The molecule has 0 heterocycles. The Morgan fingerprint density at radius 1 is 1.09 bits per heavy atom. The van der Waals surface area contributed by atoms with Crippen molar-refractivity contribution in [2.24, 2.45) is 5.92 Å². The number of carboxylic acids is 1. The third-order valence-electron chi connectivity index (χ3n) is 5.94. The second-order valence-electron chi connectivity index (χ2n) is 8.18. The molecule has 2 unspecified atom stereocenters. The maximum atomic E-state index is 13.4. The summed E-state index contributed by atoms with van der Waals surface area (Å²) >= 11 is 12.0. The fourth-order valence-corrected chi connectivity index (χ4v) is 6.16. The average molecular weight is 513 g/mol. The van der Waals surface area contributed by atoms with Gasteiger partial charge in [-0.25, -0.2) is 8.42 Å². The van der Waals surface area contributed by atoms with Crippen LogP contribution < -0.4 is 5.32 Å². The lowest BCUT2D eigenvalue weighted by Crippen LogP contribution is -2.54. The standard InChI is InChI=1S/C23H26Cl2N2O5S/c1-27(33(31,32)18-13-16(24)12-17(25)14-18)21(11-15-7-3-2-4-8-15)22(28)26-20-10-6-5-9-19(20)23(29)30/h2-4,7-8,12-14,19-21H,5-6,9-11H2,1H3,(H,26,28)(H,29,30)/t19?,20?,21-/m0/s1. The normalized spacial score (nSPS) is 19.8. The van der Waals surface area contributed by atoms with Gasteiger partial charge in [-0.3, -0.25) is 9.59 Å². The lowest BCUT2D eigenvalue weighted by Gasteiger charge is -2.33. The fourth-order valence-electron chi connectivity index (χ4n) is 4.11. The largest absolute Gasteiger partial charge is 0.481 e. The van der Waals surface area contributed by atoms with E-state index in [-0.39, 0.29) is 21.4 Å². The second-order valence-corrected chi connectivity index (χ2v) is 11.0. The molecule has 178 valence electrons. The molecule has 1 amide bonds. The maximum absolute atomic E-state index is 13.4. The molecule has 0 aliphatic heterocycles. The summed E-state index contributed by atoms with van der Waals surface area (Å²) in [6.07, 6.45) is 2.69. The number of carbonyl (C=O) groups excluding carboxylic acids is 1. The van der Waals surface area contributed by atoms with Crippen molar-refractivity contribution in [2.45, 2.75) is 49.1 Å². The van der Waals surface area contributed by atoms with Crippen LogP contribution in [0.4, 0.5) is 0 Å². The molecule has 7 nitrogen and oxygen atoms in total. The van der Waals surface area contributed by atoms with Crippen molar-refractivity contribution >= 4 is 45.1 Å². The van der Waals surface area contributed by atoms with Crippen LogP contribution in [0.25, 0.3) is 0 Å². The van der Waals surface area contributed by atoms with Gasteiger partial charge in [-0.1, -0.05) is 66.4 Å². The molecule has 2 N–H and O–H groups in total. The third-order valence-corrected chi connectivity index (χ3v) is 8.22. The molecule has 0 spiro atoms. The van der Waals surface area contributed by atoms with Gasteiger partial charge in [0.1, 0.15) is 6.04 Å². The molecule has 0 aromatic heterocycles. The average Bonchev–Trinajstić information content (AvgIpc) is 2.77. The first-order valence-electron chi connectivity index (χ1n) is 10.6. The van der Waals surface area contributed by atoms with Crippen LogP contribution in [-0.4, -0.2) is 48.8 Å². The molecule has 2 aromatic carbocycles. The topological polar surface area (TPSA) is 104 Å². The van der Waals surface area contributed by atoms with Crippen LogP contribution in [-0.2, 0) is 26.0 Å². The van der Waals surface area contributed by atoms with Gasteiger partial charge in [-0.05, 0) is 43.0 Å². The van der Waals surface area contributed by atoms with Crippen LogP contribution in [0.1, 0.15) is 31.2 Å². The number of carboxylic acid groups (broad SMARTS) is 1. The first-order chi connectivity index (χ1) is 15.6. The highest BCUT2D eigenvalue weighted by Gasteiger charge is 2.37. The number of likely N-dealkylation sites (N-methyl/N-ethyl adjacent to an activating group) is 1. The minimum absolute atomic E-state index is 0.112. The lowest BCUT2D eigenvalue weighted by atomic mass is 9.84. The number of hydrogen-bond acceptors (Lipinski definition) is 4. The van der Waals surface area contributed by atoms with Crippen LogP contribution in [0, 0.1) is 5.92 Å². The molecule has 3 rings (SSSR count). The van der Waals surface area contributed by atoms with Crippen LogP contribution >= 0.6 is 23.2 Å². The number of aliphatic carboxylic acids is 1. The predicted molar refractivity (Wildman–Crippen MR) is 127 cm³/mol.